The molecule has 2 aliphatic rings. The van der Waals surface area contributed by atoms with Gasteiger partial charge in [0.2, 0.25) is 0 Å². The van der Waals surface area contributed by atoms with Crippen molar-refractivity contribution < 1.29 is 35.8 Å². The molecule has 1 saturated carbocycles. The van der Waals surface area contributed by atoms with Gasteiger partial charge in [-0.05, 0) is 31.3 Å². The maximum atomic E-state index is 13.1. The third-order valence-electron chi connectivity index (χ3n) is 5.00. The largest absolute Gasteiger partial charge is 0.427 e. The van der Waals surface area contributed by atoms with Gasteiger partial charge in [0.25, 0.3) is 5.60 Å². The van der Waals surface area contributed by atoms with E-state index in [0.717, 1.165) is 32.1 Å². The lowest BCUT2D eigenvalue weighted by Crippen LogP contribution is -2.68. The zero-order chi connectivity index (χ0) is 18.2. The molecule has 8 heteroatoms. The Hall–Kier alpha value is -1.05. The summed E-state index contributed by atoms with van der Waals surface area (Å²) in [5, 5.41) is 9.61. The zero-order valence-electron chi connectivity index (χ0n) is 12.9. The average molecular weight is 360 g/mol. The van der Waals surface area contributed by atoms with Crippen molar-refractivity contribution >= 4 is 0 Å². The van der Waals surface area contributed by atoms with Crippen LogP contribution in [0.1, 0.15) is 44.9 Å². The number of rotatable bonds is 4. The summed E-state index contributed by atoms with van der Waals surface area (Å²) in [6.45, 7) is 0. The van der Waals surface area contributed by atoms with Gasteiger partial charge in [0.05, 0.1) is 5.83 Å². The summed E-state index contributed by atoms with van der Waals surface area (Å²) in [4.78, 5) is 0. The van der Waals surface area contributed by atoms with Gasteiger partial charge in [-0.15, -0.1) is 0 Å². The van der Waals surface area contributed by atoms with E-state index in [9.17, 15) is 35.8 Å². The lowest BCUT2D eigenvalue weighted by molar-refractivity contribution is -0.399. The SMILES string of the molecule is OC(C(F)(F)F)(C(F)(F)F)C1(C/C=C/C2CCCCC2)C=C(F)C1. The molecule has 1 nitrogen and oxygen atoms in total. The maximum absolute atomic E-state index is 13.1. The van der Waals surface area contributed by atoms with Crippen molar-refractivity contribution in [3.63, 3.8) is 0 Å². The summed E-state index contributed by atoms with van der Waals surface area (Å²) in [7, 11) is 0. The fraction of sp³-hybridized carbons (Fsp3) is 0.750. The van der Waals surface area contributed by atoms with Crippen molar-refractivity contribution in [1.82, 2.24) is 0 Å². The zero-order valence-corrected chi connectivity index (χ0v) is 12.9. The molecule has 0 aromatic carbocycles. The molecule has 1 fully saturated rings. The van der Waals surface area contributed by atoms with E-state index in [-0.39, 0.29) is 12.0 Å². The Morgan fingerprint density at radius 3 is 1.96 bits per heavy atom. The van der Waals surface area contributed by atoms with Gasteiger partial charge in [0.1, 0.15) is 0 Å². The lowest BCUT2D eigenvalue weighted by atomic mass is 9.60. The van der Waals surface area contributed by atoms with Gasteiger partial charge < -0.3 is 5.11 Å². The van der Waals surface area contributed by atoms with E-state index in [1.807, 2.05) is 0 Å². The van der Waals surface area contributed by atoms with Gasteiger partial charge in [-0.2, -0.15) is 26.3 Å². The van der Waals surface area contributed by atoms with Crippen molar-refractivity contribution in [3.8, 4) is 0 Å². The van der Waals surface area contributed by atoms with Crippen LogP contribution in [-0.2, 0) is 0 Å². The second kappa shape index (κ2) is 6.35. The molecule has 0 heterocycles. The molecule has 0 aliphatic heterocycles. The highest BCUT2D eigenvalue weighted by Crippen LogP contribution is 2.61. The monoisotopic (exact) mass is 360 g/mol. The van der Waals surface area contributed by atoms with Gasteiger partial charge in [0, 0.05) is 11.8 Å². The van der Waals surface area contributed by atoms with Crippen LogP contribution in [0.5, 0.6) is 0 Å². The van der Waals surface area contributed by atoms with E-state index in [1.54, 1.807) is 6.08 Å². The molecule has 0 bridgehead atoms. The summed E-state index contributed by atoms with van der Waals surface area (Å²) >= 11 is 0. The normalized spacial score (nSPS) is 27.2. The van der Waals surface area contributed by atoms with E-state index in [0.29, 0.717) is 0 Å². The fourth-order valence-corrected chi connectivity index (χ4v) is 3.61. The Morgan fingerprint density at radius 1 is 1.04 bits per heavy atom. The van der Waals surface area contributed by atoms with E-state index >= 15 is 0 Å². The quantitative estimate of drug-likeness (QED) is 0.510. The van der Waals surface area contributed by atoms with Gasteiger partial charge in [-0.25, -0.2) is 4.39 Å². The van der Waals surface area contributed by atoms with Crippen LogP contribution in [-0.4, -0.2) is 23.1 Å². The Bertz CT molecular complexity index is 497. The molecule has 1 N–H and O–H groups in total. The van der Waals surface area contributed by atoms with Crippen molar-refractivity contribution in [2.75, 3.05) is 0 Å². The van der Waals surface area contributed by atoms with E-state index in [4.69, 9.17) is 0 Å². The first-order valence-corrected chi connectivity index (χ1v) is 7.83. The predicted molar refractivity (Wildman–Crippen MR) is 73.6 cm³/mol. The van der Waals surface area contributed by atoms with E-state index in [1.165, 1.54) is 6.08 Å². The minimum atomic E-state index is -5.96. The third-order valence-corrected chi connectivity index (χ3v) is 5.00. The fourth-order valence-electron chi connectivity index (χ4n) is 3.61. The summed E-state index contributed by atoms with van der Waals surface area (Å²) in [6.07, 6.45) is -5.99. The molecule has 1 unspecified atom stereocenters. The second-order valence-electron chi connectivity index (χ2n) is 6.66. The predicted octanol–water partition coefficient (Wildman–Crippen LogP) is 5.61. The van der Waals surface area contributed by atoms with Crippen molar-refractivity contribution in [1.29, 1.82) is 0 Å². The first-order valence-electron chi connectivity index (χ1n) is 7.83. The first-order chi connectivity index (χ1) is 10.9. The molecule has 0 aromatic heterocycles. The summed E-state index contributed by atoms with van der Waals surface area (Å²) < 4.78 is 91.6. The molecule has 0 saturated heterocycles. The number of allylic oxidation sites excluding steroid dienone is 3. The number of halogens is 7. The van der Waals surface area contributed by atoms with Gasteiger partial charge in [-0.3, -0.25) is 0 Å². The van der Waals surface area contributed by atoms with Gasteiger partial charge in [-0.1, -0.05) is 31.4 Å². The molecular weight excluding hydrogens is 341 g/mol. The van der Waals surface area contributed by atoms with Crippen LogP contribution in [0.25, 0.3) is 0 Å². The highest BCUT2D eigenvalue weighted by atomic mass is 19.4. The number of hydrogen-bond acceptors (Lipinski definition) is 1. The Balaban J connectivity index is 2.27. The smallest absolute Gasteiger partial charge is 0.373 e. The topological polar surface area (TPSA) is 20.2 Å². The minimum absolute atomic E-state index is 0.106. The third kappa shape index (κ3) is 3.21. The number of hydrogen-bond donors (Lipinski definition) is 1. The molecule has 0 radical (unpaired) electrons. The molecule has 0 aromatic rings. The van der Waals surface area contributed by atoms with Crippen molar-refractivity contribution in [3.05, 3.63) is 24.1 Å². The van der Waals surface area contributed by atoms with Crippen LogP contribution in [0.3, 0.4) is 0 Å². The Labute approximate surface area is 135 Å². The van der Waals surface area contributed by atoms with Gasteiger partial charge in [0.15, 0.2) is 0 Å². The summed E-state index contributed by atoms with van der Waals surface area (Å²) in [5.41, 5.74) is -7.72. The number of aliphatic hydroxyl groups is 1. The van der Waals surface area contributed by atoms with Crippen LogP contribution in [0.15, 0.2) is 24.1 Å². The van der Waals surface area contributed by atoms with E-state index < -0.39 is 42.0 Å². The van der Waals surface area contributed by atoms with E-state index in [2.05, 4.69) is 0 Å². The standard InChI is InChI=1S/C16H19F7O/c17-12-9-13(10-12,8-4-7-11-5-2-1-3-6-11)14(24,15(18,19)20)16(21,22)23/h4,7,9,11,24H,1-3,5-6,8,10H2/b7-4+. The summed E-state index contributed by atoms with van der Waals surface area (Å²) in [6, 6.07) is 0. The molecule has 24 heavy (non-hydrogen) atoms. The summed E-state index contributed by atoms with van der Waals surface area (Å²) in [5.74, 6) is -0.970. The average Bonchev–Trinajstić information content (AvgIpc) is 2.42. The first kappa shape index (κ1) is 19.3. The Morgan fingerprint density at radius 2 is 1.54 bits per heavy atom. The molecular formula is C16H19F7O. The molecule has 0 spiro atoms. The maximum Gasteiger partial charge on any atom is 0.427 e. The van der Waals surface area contributed by atoms with Crippen LogP contribution in [0, 0.1) is 11.3 Å². The van der Waals surface area contributed by atoms with Gasteiger partial charge >= 0.3 is 12.4 Å². The highest BCUT2D eigenvalue weighted by molar-refractivity contribution is 5.30. The molecule has 2 rings (SSSR count). The molecule has 1 atom stereocenters. The van der Waals surface area contributed by atoms with Crippen molar-refractivity contribution in [2.24, 2.45) is 11.3 Å². The second-order valence-corrected chi connectivity index (χ2v) is 6.66. The highest BCUT2D eigenvalue weighted by Gasteiger charge is 2.79. The van der Waals surface area contributed by atoms with Crippen molar-refractivity contribution in [2.45, 2.75) is 62.9 Å². The molecule has 2 aliphatic carbocycles. The lowest BCUT2D eigenvalue weighted by Gasteiger charge is -2.49. The van der Waals surface area contributed by atoms with Crippen LogP contribution >= 0.6 is 0 Å². The molecule has 0 amide bonds. The number of alkyl halides is 6. The molecule has 138 valence electrons. The minimum Gasteiger partial charge on any atom is -0.373 e. The van der Waals surface area contributed by atoms with Crippen LogP contribution in [0.4, 0.5) is 30.7 Å². The van der Waals surface area contributed by atoms with Crippen LogP contribution < -0.4 is 0 Å². The van der Waals surface area contributed by atoms with Crippen LogP contribution in [0.2, 0.25) is 0 Å². The Kier molecular flexibility index (Phi) is 5.10.